The minimum absolute atomic E-state index is 0.00934. The number of likely N-dealkylation sites (tertiary alicyclic amines) is 1. The molecule has 1 amide bonds. The zero-order chi connectivity index (χ0) is 14.5. The lowest BCUT2D eigenvalue weighted by Gasteiger charge is -2.34. The molecule has 108 valence electrons. The average molecular weight is 279 g/mol. The number of β-amino-alcohol motifs (C(OH)–C–C–N with tert-alkyl or cyclic N) is 1. The second-order valence-corrected chi connectivity index (χ2v) is 4.78. The summed E-state index contributed by atoms with van der Waals surface area (Å²) in [7, 11) is 0. The van der Waals surface area contributed by atoms with Crippen molar-refractivity contribution in [1.29, 1.82) is 0 Å². The first-order chi connectivity index (χ1) is 9.58. The lowest BCUT2D eigenvalue weighted by atomic mass is 10.0. The lowest BCUT2D eigenvalue weighted by molar-refractivity contribution is -0.145. The fourth-order valence-corrected chi connectivity index (χ4v) is 2.21. The number of rotatable bonds is 3. The topological polar surface area (TPSA) is 87.1 Å². The Morgan fingerprint density at radius 3 is 2.60 bits per heavy atom. The molecule has 1 aromatic rings. The predicted octanol–water partition coefficient (Wildman–Crippen LogP) is 1.23. The van der Waals surface area contributed by atoms with Gasteiger partial charge in [-0.15, -0.1) is 0 Å². The van der Waals surface area contributed by atoms with Crippen molar-refractivity contribution in [1.82, 2.24) is 4.90 Å². The molecule has 0 aliphatic carbocycles. The number of carbonyl (C=O) groups is 2. The molecule has 0 spiro atoms. The summed E-state index contributed by atoms with van der Waals surface area (Å²) < 4.78 is 5.11. The van der Waals surface area contributed by atoms with Gasteiger partial charge < -0.3 is 14.9 Å². The number of aliphatic carboxylic acids is 1. The summed E-state index contributed by atoms with van der Waals surface area (Å²) in [5.74, 6) is -1.08. The number of carboxylic acids is 1. The van der Waals surface area contributed by atoms with Crippen LogP contribution in [0.4, 0.5) is 4.79 Å². The van der Waals surface area contributed by atoms with Crippen LogP contribution < -0.4 is 0 Å². The molecule has 1 saturated heterocycles. The maximum absolute atomic E-state index is 12.0. The molecule has 1 aliphatic heterocycles. The normalized spacial score (nSPS) is 22.4. The number of nitrogens with zero attached hydrogens (tertiary/aromatic N) is 1. The summed E-state index contributed by atoms with van der Waals surface area (Å²) in [6.45, 7) is 0.0726. The van der Waals surface area contributed by atoms with Crippen LogP contribution in [0.25, 0.3) is 0 Å². The Kier molecular flexibility index (Phi) is 4.57. The van der Waals surface area contributed by atoms with E-state index in [-0.39, 0.29) is 19.6 Å². The van der Waals surface area contributed by atoms with Crippen molar-refractivity contribution in [2.45, 2.75) is 31.6 Å². The lowest BCUT2D eigenvalue weighted by Crippen LogP contribution is -2.52. The molecule has 1 heterocycles. The molecule has 1 aromatic carbocycles. The van der Waals surface area contributed by atoms with E-state index in [0.717, 1.165) is 10.5 Å². The molecular weight excluding hydrogens is 262 g/mol. The van der Waals surface area contributed by atoms with E-state index in [1.54, 1.807) is 0 Å². The Labute approximate surface area is 116 Å². The summed E-state index contributed by atoms with van der Waals surface area (Å²) >= 11 is 0. The molecule has 20 heavy (non-hydrogen) atoms. The van der Waals surface area contributed by atoms with Crippen LogP contribution in [0.5, 0.6) is 0 Å². The summed E-state index contributed by atoms with van der Waals surface area (Å²) in [6, 6.07) is 8.20. The van der Waals surface area contributed by atoms with Gasteiger partial charge in [0, 0.05) is 0 Å². The van der Waals surface area contributed by atoms with Gasteiger partial charge in [0.05, 0.1) is 12.6 Å². The Balaban J connectivity index is 1.97. The molecule has 2 atom stereocenters. The van der Waals surface area contributed by atoms with E-state index in [4.69, 9.17) is 9.84 Å². The monoisotopic (exact) mass is 279 g/mol. The second-order valence-electron chi connectivity index (χ2n) is 4.78. The highest BCUT2D eigenvalue weighted by molar-refractivity contribution is 5.80. The summed E-state index contributed by atoms with van der Waals surface area (Å²) in [4.78, 5) is 24.2. The number of hydrogen-bond donors (Lipinski definition) is 2. The molecule has 2 rings (SSSR count). The van der Waals surface area contributed by atoms with Crippen LogP contribution in [-0.2, 0) is 16.1 Å². The first-order valence-corrected chi connectivity index (χ1v) is 6.46. The first kappa shape index (κ1) is 14.3. The zero-order valence-electron chi connectivity index (χ0n) is 10.9. The number of aliphatic hydroxyl groups excluding tert-OH is 1. The molecule has 0 aromatic heterocycles. The number of piperidine rings is 1. The largest absolute Gasteiger partial charge is 0.480 e. The van der Waals surface area contributed by atoms with Gasteiger partial charge in [0.25, 0.3) is 0 Å². The van der Waals surface area contributed by atoms with E-state index in [0.29, 0.717) is 6.42 Å². The van der Waals surface area contributed by atoms with Crippen molar-refractivity contribution in [3.63, 3.8) is 0 Å². The van der Waals surface area contributed by atoms with Crippen LogP contribution in [0, 0.1) is 0 Å². The van der Waals surface area contributed by atoms with Crippen LogP contribution in [0.3, 0.4) is 0 Å². The third-order valence-electron chi connectivity index (χ3n) is 3.28. The minimum atomic E-state index is -1.08. The molecule has 6 heteroatoms. The maximum Gasteiger partial charge on any atom is 0.410 e. The number of amides is 1. The molecule has 0 radical (unpaired) electrons. The fraction of sp³-hybridized carbons (Fsp3) is 0.429. The standard InChI is InChI=1S/C14H17NO5/c16-11-6-7-12(13(17)18)15(8-11)14(19)20-9-10-4-2-1-3-5-10/h1-5,11-12,16H,6-9H2,(H,17,18)/t11-,12+/m1/s1. The third kappa shape index (κ3) is 3.48. The third-order valence-corrected chi connectivity index (χ3v) is 3.28. The summed E-state index contributed by atoms with van der Waals surface area (Å²) in [5.41, 5.74) is 0.824. The van der Waals surface area contributed by atoms with Gasteiger partial charge in [0.15, 0.2) is 0 Å². The number of benzene rings is 1. The Morgan fingerprint density at radius 1 is 1.25 bits per heavy atom. The number of aliphatic hydroxyl groups is 1. The first-order valence-electron chi connectivity index (χ1n) is 6.46. The van der Waals surface area contributed by atoms with Crippen molar-refractivity contribution in [2.24, 2.45) is 0 Å². The fourth-order valence-electron chi connectivity index (χ4n) is 2.21. The highest BCUT2D eigenvalue weighted by atomic mass is 16.6. The van der Waals surface area contributed by atoms with Gasteiger partial charge in [-0.1, -0.05) is 30.3 Å². The second kappa shape index (κ2) is 6.38. The van der Waals surface area contributed by atoms with Crippen LogP contribution in [0.15, 0.2) is 30.3 Å². The molecule has 1 aliphatic rings. The van der Waals surface area contributed by atoms with Gasteiger partial charge >= 0.3 is 12.1 Å². The molecule has 2 N–H and O–H groups in total. The van der Waals surface area contributed by atoms with Crippen molar-refractivity contribution >= 4 is 12.1 Å². The van der Waals surface area contributed by atoms with Crippen LogP contribution >= 0.6 is 0 Å². The van der Waals surface area contributed by atoms with Gasteiger partial charge in [-0.25, -0.2) is 9.59 Å². The van der Waals surface area contributed by atoms with Crippen LogP contribution in [-0.4, -0.2) is 45.9 Å². The molecule has 0 saturated carbocycles. The molecule has 0 unspecified atom stereocenters. The number of hydrogen-bond acceptors (Lipinski definition) is 4. The summed E-state index contributed by atoms with van der Waals surface area (Å²) in [5, 5.41) is 18.7. The van der Waals surface area contributed by atoms with Crippen molar-refractivity contribution in [3.05, 3.63) is 35.9 Å². The average Bonchev–Trinajstić information content (AvgIpc) is 2.45. The van der Waals surface area contributed by atoms with E-state index in [2.05, 4.69) is 0 Å². The van der Waals surface area contributed by atoms with Gasteiger partial charge in [0.2, 0.25) is 0 Å². The van der Waals surface area contributed by atoms with E-state index >= 15 is 0 Å². The van der Waals surface area contributed by atoms with Crippen molar-refractivity contribution < 1.29 is 24.5 Å². The highest BCUT2D eigenvalue weighted by Gasteiger charge is 2.36. The van der Waals surface area contributed by atoms with Gasteiger partial charge in [-0.3, -0.25) is 4.90 Å². The van der Waals surface area contributed by atoms with Gasteiger partial charge in [-0.2, -0.15) is 0 Å². The van der Waals surface area contributed by atoms with Crippen LogP contribution in [0.2, 0.25) is 0 Å². The molecule has 1 fully saturated rings. The van der Waals surface area contributed by atoms with Crippen molar-refractivity contribution in [3.8, 4) is 0 Å². The quantitative estimate of drug-likeness (QED) is 0.869. The van der Waals surface area contributed by atoms with Gasteiger partial charge in [-0.05, 0) is 18.4 Å². The van der Waals surface area contributed by atoms with E-state index in [1.165, 1.54) is 0 Å². The van der Waals surface area contributed by atoms with E-state index < -0.39 is 24.2 Å². The van der Waals surface area contributed by atoms with E-state index in [1.807, 2.05) is 30.3 Å². The molecule has 0 bridgehead atoms. The maximum atomic E-state index is 12.0. The SMILES string of the molecule is O=C(O)[C@@H]1CC[C@@H](O)CN1C(=O)OCc1ccccc1. The number of carboxylic acid groups (broad SMARTS) is 1. The van der Waals surface area contributed by atoms with Crippen LogP contribution in [0.1, 0.15) is 18.4 Å². The minimum Gasteiger partial charge on any atom is -0.480 e. The smallest absolute Gasteiger partial charge is 0.410 e. The van der Waals surface area contributed by atoms with E-state index in [9.17, 15) is 14.7 Å². The number of ether oxygens (including phenoxy) is 1. The van der Waals surface area contributed by atoms with Crippen molar-refractivity contribution in [2.75, 3.05) is 6.54 Å². The zero-order valence-corrected chi connectivity index (χ0v) is 10.9. The highest BCUT2D eigenvalue weighted by Crippen LogP contribution is 2.19. The van der Waals surface area contributed by atoms with Gasteiger partial charge in [0.1, 0.15) is 12.6 Å². The predicted molar refractivity (Wildman–Crippen MR) is 70.0 cm³/mol. The Morgan fingerprint density at radius 2 is 1.95 bits per heavy atom. The molecular formula is C14H17NO5. The Hall–Kier alpha value is -2.08. The number of carbonyl (C=O) groups excluding carboxylic acids is 1. The molecule has 6 nitrogen and oxygen atoms in total. The Bertz CT molecular complexity index is 476. The summed E-state index contributed by atoms with van der Waals surface area (Å²) in [6.07, 6.45) is -0.800.